The molecular formula is C13H25N3OS2. The van der Waals surface area contributed by atoms with Crippen LogP contribution in [0.25, 0.3) is 0 Å². The summed E-state index contributed by atoms with van der Waals surface area (Å²) in [7, 11) is 0. The number of ether oxygens (including phenoxy) is 1. The normalized spacial score (nSPS) is 23.9. The van der Waals surface area contributed by atoms with E-state index in [1.807, 2.05) is 0 Å². The maximum atomic E-state index is 5.49. The van der Waals surface area contributed by atoms with Crippen molar-refractivity contribution in [2.75, 3.05) is 51.9 Å². The van der Waals surface area contributed by atoms with Crippen LogP contribution in [0, 0.1) is 0 Å². The zero-order chi connectivity index (χ0) is 13.9. The fraction of sp³-hybridized carbons (Fsp3) is 0.923. The molecule has 0 amide bonds. The van der Waals surface area contributed by atoms with Crippen molar-refractivity contribution in [2.45, 2.75) is 26.3 Å². The van der Waals surface area contributed by atoms with Gasteiger partial charge in [-0.05, 0) is 20.8 Å². The minimum absolute atomic E-state index is 0.209. The highest BCUT2D eigenvalue weighted by Gasteiger charge is 2.29. The van der Waals surface area contributed by atoms with E-state index in [9.17, 15) is 0 Å². The maximum Gasteiger partial charge on any atom is 0.138 e. The quantitative estimate of drug-likeness (QED) is 0.733. The third-order valence-corrected chi connectivity index (χ3v) is 5.24. The molecule has 0 aromatic heterocycles. The van der Waals surface area contributed by atoms with Gasteiger partial charge in [0.2, 0.25) is 0 Å². The van der Waals surface area contributed by atoms with Gasteiger partial charge in [-0.1, -0.05) is 24.0 Å². The van der Waals surface area contributed by atoms with E-state index in [1.165, 1.54) is 0 Å². The van der Waals surface area contributed by atoms with Gasteiger partial charge in [-0.25, -0.2) is 0 Å². The second kappa shape index (κ2) is 6.72. The van der Waals surface area contributed by atoms with Gasteiger partial charge in [0.15, 0.2) is 0 Å². The molecule has 0 atom stereocenters. The van der Waals surface area contributed by atoms with Crippen molar-refractivity contribution in [3.8, 4) is 0 Å². The van der Waals surface area contributed by atoms with Gasteiger partial charge in [-0.2, -0.15) is 0 Å². The highest BCUT2D eigenvalue weighted by Crippen LogP contribution is 2.25. The van der Waals surface area contributed by atoms with E-state index < -0.39 is 0 Å². The van der Waals surface area contributed by atoms with E-state index >= 15 is 0 Å². The Kier molecular flexibility index (Phi) is 5.48. The highest BCUT2D eigenvalue weighted by molar-refractivity contribution is 8.22. The number of thiocarbonyl (C=S) groups is 1. The summed E-state index contributed by atoms with van der Waals surface area (Å²) in [6.45, 7) is 13.7. The molecule has 2 heterocycles. The Bertz CT molecular complexity index is 314. The van der Waals surface area contributed by atoms with Crippen LogP contribution in [-0.4, -0.2) is 76.5 Å². The summed E-state index contributed by atoms with van der Waals surface area (Å²) in [5.41, 5.74) is 0.209. The molecule has 2 aliphatic rings. The van der Waals surface area contributed by atoms with Crippen LogP contribution in [0.4, 0.5) is 0 Å². The van der Waals surface area contributed by atoms with E-state index in [-0.39, 0.29) is 5.54 Å². The van der Waals surface area contributed by atoms with E-state index in [4.69, 9.17) is 17.0 Å². The standard InChI is InChI=1S/C13H25N3OS2/c1-13(2,3)16-10-15(12(18)19-11-16)5-4-14-6-8-17-9-7-14/h4-11H2,1-3H3. The first kappa shape index (κ1) is 15.5. The van der Waals surface area contributed by atoms with Gasteiger partial charge in [-0.15, -0.1) is 0 Å². The number of thioether (sulfide) groups is 1. The van der Waals surface area contributed by atoms with Crippen molar-refractivity contribution in [1.82, 2.24) is 14.7 Å². The van der Waals surface area contributed by atoms with Crippen LogP contribution in [0.15, 0.2) is 0 Å². The molecule has 0 N–H and O–H groups in total. The zero-order valence-corrected chi connectivity index (χ0v) is 13.9. The first-order valence-corrected chi connectivity index (χ1v) is 8.33. The second-order valence-electron chi connectivity index (χ2n) is 6.11. The van der Waals surface area contributed by atoms with Crippen LogP contribution in [0.3, 0.4) is 0 Å². The van der Waals surface area contributed by atoms with E-state index in [0.29, 0.717) is 0 Å². The van der Waals surface area contributed by atoms with Crippen LogP contribution < -0.4 is 0 Å². The average Bonchev–Trinajstić information content (AvgIpc) is 2.37. The lowest BCUT2D eigenvalue weighted by molar-refractivity contribution is 0.0323. The number of hydrogen-bond acceptors (Lipinski definition) is 5. The summed E-state index contributed by atoms with van der Waals surface area (Å²) < 4.78 is 6.43. The van der Waals surface area contributed by atoms with Crippen LogP contribution >= 0.6 is 24.0 Å². The molecule has 0 unspecified atom stereocenters. The summed E-state index contributed by atoms with van der Waals surface area (Å²) >= 11 is 7.28. The summed E-state index contributed by atoms with van der Waals surface area (Å²) in [6, 6.07) is 0. The zero-order valence-electron chi connectivity index (χ0n) is 12.2. The lowest BCUT2D eigenvalue weighted by Crippen LogP contribution is -2.54. The smallest absolute Gasteiger partial charge is 0.138 e. The summed E-state index contributed by atoms with van der Waals surface area (Å²) in [6.07, 6.45) is 0. The van der Waals surface area contributed by atoms with Crippen LogP contribution in [0.1, 0.15) is 20.8 Å². The van der Waals surface area contributed by atoms with Crippen molar-refractivity contribution < 1.29 is 4.74 Å². The Morgan fingerprint density at radius 1 is 1.21 bits per heavy atom. The van der Waals surface area contributed by atoms with Gasteiger partial charge in [0.05, 0.1) is 25.8 Å². The first-order chi connectivity index (χ1) is 8.97. The molecule has 6 heteroatoms. The summed E-state index contributed by atoms with van der Waals surface area (Å²) in [5.74, 6) is 1.01. The Hall–Kier alpha value is 0.120. The van der Waals surface area contributed by atoms with Gasteiger partial charge in [0.25, 0.3) is 0 Å². The second-order valence-corrected chi connectivity index (χ2v) is 7.69. The predicted molar refractivity (Wildman–Crippen MR) is 85.5 cm³/mol. The largest absolute Gasteiger partial charge is 0.379 e. The molecule has 0 bridgehead atoms. The molecule has 4 nitrogen and oxygen atoms in total. The number of rotatable bonds is 3. The number of nitrogens with zero attached hydrogens (tertiary/aromatic N) is 3. The van der Waals surface area contributed by atoms with Gasteiger partial charge < -0.3 is 9.64 Å². The fourth-order valence-corrected chi connectivity index (χ4v) is 3.56. The molecule has 0 radical (unpaired) electrons. The van der Waals surface area contributed by atoms with Gasteiger partial charge in [0, 0.05) is 31.7 Å². The number of morpholine rings is 1. The summed E-state index contributed by atoms with van der Waals surface area (Å²) in [5, 5.41) is 0. The SMILES string of the molecule is CC(C)(C)N1CSC(=S)N(CCN2CCOCC2)C1. The summed E-state index contributed by atoms with van der Waals surface area (Å²) in [4.78, 5) is 7.28. The van der Waals surface area contributed by atoms with Gasteiger partial charge in [0.1, 0.15) is 4.32 Å². The van der Waals surface area contributed by atoms with Crippen molar-refractivity contribution >= 4 is 28.3 Å². The highest BCUT2D eigenvalue weighted by atomic mass is 32.2. The van der Waals surface area contributed by atoms with Crippen molar-refractivity contribution in [3.05, 3.63) is 0 Å². The third kappa shape index (κ3) is 4.56. The Morgan fingerprint density at radius 2 is 1.89 bits per heavy atom. The molecule has 19 heavy (non-hydrogen) atoms. The van der Waals surface area contributed by atoms with Crippen LogP contribution in [-0.2, 0) is 4.74 Å². The molecule has 0 saturated carbocycles. The third-order valence-electron chi connectivity index (χ3n) is 3.68. The van der Waals surface area contributed by atoms with Crippen molar-refractivity contribution in [1.29, 1.82) is 0 Å². The molecule has 110 valence electrons. The molecule has 0 aromatic carbocycles. The molecule has 0 aliphatic carbocycles. The Balaban J connectivity index is 1.81. The molecule has 2 aliphatic heterocycles. The van der Waals surface area contributed by atoms with E-state index in [1.54, 1.807) is 11.8 Å². The lowest BCUT2D eigenvalue weighted by atomic mass is 10.1. The Labute approximate surface area is 126 Å². The predicted octanol–water partition coefficient (Wildman–Crippen LogP) is 1.67. The van der Waals surface area contributed by atoms with Gasteiger partial charge >= 0.3 is 0 Å². The monoisotopic (exact) mass is 303 g/mol. The van der Waals surface area contributed by atoms with Crippen molar-refractivity contribution in [3.63, 3.8) is 0 Å². The number of hydrogen-bond donors (Lipinski definition) is 0. The fourth-order valence-electron chi connectivity index (χ4n) is 2.18. The van der Waals surface area contributed by atoms with E-state index in [0.717, 1.165) is 56.3 Å². The molecular weight excluding hydrogens is 278 g/mol. The molecule has 2 fully saturated rings. The molecule has 2 saturated heterocycles. The van der Waals surface area contributed by atoms with Crippen LogP contribution in [0.5, 0.6) is 0 Å². The molecule has 2 rings (SSSR count). The average molecular weight is 303 g/mol. The molecule has 0 aromatic rings. The Morgan fingerprint density at radius 3 is 2.53 bits per heavy atom. The van der Waals surface area contributed by atoms with Crippen LogP contribution in [0.2, 0.25) is 0 Å². The van der Waals surface area contributed by atoms with Gasteiger partial charge in [-0.3, -0.25) is 9.80 Å². The minimum atomic E-state index is 0.209. The minimum Gasteiger partial charge on any atom is -0.379 e. The first-order valence-electron chi connectivity index (χ1n) is 6.94. The van der Waals surface area contributed by atoms with E-state index in [2.05, 4.69) is 35.5 Å². The topological polar surface area (TPSA) is 19.0 Å². The lowest BCUT2D eigenvalue weighted by Gasteiger charge is -2.44. The molecule has 0 spiro atoms. The van der Waals surface area contributed by atoms with Crippen molar-refractivity contribution in [2.24, 2.45) is 0 Å². The maximum absolute atomic E-state index is 5.49.